The third-order valence-electron chi connectivity index (χ3n) is 1.22. The Bertz CT molecular complexity index is 389. The third-order valence-corrected chi connectivity index (χ3v) is 2.52. The summed E-state index contributed by atoms with van der Waals surface area (Å²) in [6.07, 6.45) is -0.704. The van der Waals surface area contributed by atoms with Gasteiger partial charge in [-0.05, 0) is 0 Å². The highest BCUT2D eigenvalue weighted by Gasteiger charge is 2.13. The van der Waals surface area contributed by atoms with Gasteiger partial charge in [0.05, 0.1) is 6.20 Å². The van der Waals surface area contributed by atoms with Gasteiger partial charge in [-0.15, -0.1) is 0 Å². The Kier molecular flexibility index (Phi) is 2.87. The Morgan fingerprint density at radius 2 is 2.23 bits per heavy atom. The summed E-state index contributed by atoms with van der Waals surface area (Å²) in [6, 6.07) is 0. The molecule has 0 aliphatic heterocycles. The summed E-state index contributed by atoms with van der Waals surface area (Å²) in [5.41, 5.74) is 0. The average Bonchev–Trinajstić information content (AvgIpc) is 2.32. The Morgan fingerprint density at radius 1 is 1.62 bits per heavy atom. The van der Waals surface area contributed by atoms with E-state index in [1.807, 2.05) is 0 Å². The topological polar surface area (TPSA) is 52.0 Å². The van der Waals surface area contributed by atoms with Crippen LogP contribution >= 0.6 is 10.7 Å². The SMILES string of the molecule is O=S(=O)(Cl)c1cnn(CC(F)F)c1. The highest BCUT2D eigenvalue weighted by molar-refractivity contribution is 8.13. The summed E-state index contributed by atoms with van der Waals surface area (Å²) in [4.78, 5) is -0.283. The first-order chi connectivity index (χ1) is 5.89. The van der Waals surface area contributed by atoms with Crippen molar-refractivity contribution in [3.63, 3.8) is 0 Å². The minimum Gasteiger partial charge on any atom is -0.266 e. The number of aromatic nitrogens is 2. The van der Waals surface area contributed by atoms with Gasteiger partial charge in [-0.25, -0.2) is 17.2 Å². The standard InChI is InChI=1S/C5H5ClF2N2O2S/c6-13(11,12)4-1-9-10(2-4)3-5(7)8/h1-2,5H,3H2. The molecular formula is C5H5ClF2N2O2S. The second-order valence-corrected chi connectivity index (χ2v) is 4.79. The molecule has 0 aromatic carbocycles. The van der Waals surface area contributed by atoms with Gasteiger partial charge in [-0.1, -0.05) is 0 Å². The number of rotatable bonds is 3. The minimum atomic E-state index is -3.87. The molecule has 0 amide bonds. The van der Waals surface area contributed by atoms with E-state index in [-0.39, 0.29) is 4.90 Å². The zero-order valence-electron chi connectivity index (χ0n) is 6.19. The largest absolute Gasteiger partial charge is 0.266 e. The molecular weight excluding hydrogens is 226 g/mol. The molecule has 13 heavy (non-hydrogen) atoms. The van der Waals surface area contributed by atoms with Crippen molar-refractivity contribution in [2.75, 3.05) is 0 Å². The number of hydrogen-bond acceptors (Lipinski definition) is 3. The van der Waals surface area contributed by atoms with Gasteiger partial charge in [0.1, 0.15) is 11.4 Å². The van der Waals surface area contributed by atoms with Gasteiger partial charge in [-0.3, -0.25) is 4.68 Å². The summed E-state index contributed by atoms with van der Waals surface area (Å²) in [5.74, 6) is 0. The summed E-state index contributed by atoms with van der Waals surface area (Å²) >= 11 is 0. The van der Waals surface area contributed by atoms with Crippen LogP contribution in [0.15, 0.2) is 17.3 Å². The summed E-state index contributed by atoms with van der Waals surface area (Å²) < 4.78 is 45.7. The quantitative estimate of drug-likeness (QED) is 0.730. The predicted octanol–water partition coefficient (Wildman–Crippen LogP) is 1.08. The molecule has 0 spiro atoms. The van der Waals surface area contributed by atoms with Crippen LogP contribution in [0.4, 0.5) is 8.78 Å². The third kappa shape index (κ3) is 2.92. The Labute approximate surface area is 77.5 Å². The Balaban J connectivity index is 2.88. The van der Waals surface area contributed by atoms with Gasteiger partial charge in [0.2, 0.25) is 0 Å². The van der Waals surface area contributed by atoms with Gasteiger partial charge < -0.3 is 0 Å². The smallest absolute Gasteiger partial charge is 0.264 e. The molecule has 4 nitrogen and oxygen atoms in total. The van der Waals surface area contributed by atoms with Crippen LogP contribution < -0.4 is 0 Å². The summed E-state index contributed by atoms with van der Waals surface area (Å²) in [6.45, 7) is -0.646. The fourth-order valence-electron chi connectivity index (χ4n) is 0.712. The van der Waals surface area contributed by atoms with E-state index in [2.05, 4.69) is 5.10 Å². The number of hydrogen-bond donors (Lipinski definition) is 0. The normalized spacial score (nSPS) is 12.3. The van der Waals surface area contributed by atoms with Crippen LogP contribution in [-0.2, 0) is 15.6 Å². The molecule has 0 saturated heterocycles. The van der Waals surface area contributed by atoms with Crippen molar-refractivity contribution < 1.29 is 17.2 Å². The van der Waals surface area contributed by atoms with Crippen LogP contribution in [0.1, 0.15) is 0 Å². The van der Waals surface area contributed by atoms with Crippen molar-refractivity contribution in [2.24, 2.45) is 0 Å². The molecule has 74 valence electrons. The lowest BCUT2D eigenvalue weighted by molar-refractivity contribution is 0.121. The van der Waals surface area contributed by atoms with Crippen LogP contribution in [0.25, 0.3) is 0 Å². The number of halogens is 3. The van der Waals surface area contributed by atoms with Crippen molar-refractivity contribution in [3.05, 3.63) is 12.4 Å². The maximum Gasteiger partial charge on any atom is 0.264 e. The van der Waals surface area contributed by atoms with Crippen LogP contribution in [0.2, 0.25) is 0 Å². The fourth-order valence-corrected chi connectivity index (χ4v) is 1.37. The molecule has 0 radical (unpaired) electrons. The van der Waals surface area contributed by atoms with E-state index in [9.17, 15) is 17.2 Å². The predicted molar refractivity (Wildman–Crippen MR) is 41.3 cm³/mol. The molecule has 0 aliphatic carbocycles. The maximum atomic E-state index is 11.8. The second kappa shape index (κ2) is 3.59. The molecule has 0 bridgehead atoms. The Hall–Kier alpha value is -0.690. The highest BCUT2D eigenvalue weighted by atomic mass is 35.7. The maximum absolute atomic E-state index is 11.8. The monoisotopic (exact) mass is 230 g/mol. The molecule has 1 aromatic heterocycles. The van der Waals surface area contributed by atoms with Crippen LogP contribution in [0, 0.1) is 0 Å². The van der Waals surface area contributed by atoms with Gasteiger partial charge in [0, 0.05) is 16.9 Å². The van der Waals surface area contributed by atoms with Gasteiger partial charge in [-0.2, -0.15) is 5.10 Å². The lowest BCUT2D eigenvalue weighted by Crippen LogP contribution is -2.06. The van der Waals surface area contributed by atoms with E-state index in [1.54, 1.807) is 0 Å². The summed E-state index contributed by atoms with van der Waals surface area (Å²) in [7, 11) is 1.07. The molecule has 8 heteroatoms. The molecule has 1 heterocycles. The molecule has 1 rings (SSSR count). The van der Waals surface area contributed by atoms with E-state index in [0.717, 1.165) is 17.1 Å². The zero-order valence-corrected chi connectivity index (χ0v) is 7.76. The van der Waals surface area contributed by atoms with Gasteiger partial charge >= 0.3 is 0 Å². The van der Waals surface area contributed by atoms with Crippen LogP contribution in [0.5, 0.6) is 0 Å². The summed E-state index contributed by atoms with van der Waals surface area (Å²) in [5, 5.41) is 3.40. The van der Waals surface area contributed by atoms with E-state index in [4.69, 9.17) is 10.7 Å². The minimum absolute atomic E-state index is 0.283. The van der Waals surface area contributed by atoms with E-state index in [1.165, 1.54) is 0 Å². The molecule has 0 fully saturated rings. The fraction of sp³-hybridized carbons (Fsp3) is 0.400. The lowest BCUT2D eigenvalue weighted by Gasteiger charge is -1.97. The van der Waals surface area contributed by atoms with Crippen molar-refractivity contribution in [3.8, 4) is 0 Å². The van der Waals surface area contributed by atoms with E-state index >= 15 is 0 Å². The van der Waals surface area contributed by atoms with Crippen molar-refractivity contribution >= 4 is 19.7 Å². The van der Waals surface area contributed by atoms with Crippen molar-refractivity contribution in [1.82, 2.24) is 9.78 Å². The van der Waals surface area contributed by atoms with E-state index in [0.29, 0.717) is 0 Å². The average molecular weight is 231 g/mol. The van der Waals surface area contributed by atoms with Gasteiger partial charge in [0.15, 0.2) is 0 Å². The first kappa shape index (κ1) is 10.4. The Morgan fingerprint density at radius 3 is 2.62 bits per heavy atom. The lowest BCUT2D eigenvalue weighted by atomic mass is 10.7. The van der Waals surface area contributed by atoms with Gasteiger partial charge in [0.25, 0.3) is 15.5 Å². The number of alkyl halides is 2. The number of nitrogens with zero attached hydrogens (tertiary/aromatic N) is 2. The zero-order chi connectivity index (χ0) is 10.1. The second-order valence-electron chi connectivity index (χ2n) is 2.23. The van der Waals surface area contributed by atoms with Crippen molar-refractivity contribution in [1.29, 1.82) is 0 Å². The molecule has 0 aliphatic rings. The van der Waals surface area contributed by atoms with Crippen molar-refractivity contribution in [2.45, 2.75) is 17.9 Å². The van der Waals surface area contributed by atoms with Crippen LogP contribution in [-0.4, -0.2) is 24.6 Å². The first-order valence-electron chi connectivity index (χ1n) is 3.15. The first-order valence-corrected chi connectivity index (χ1v) is 5.46. The molecule has 1 aromatic rings. The molecule has 0 N–H and O–H groups in total. The van der Waals surface area contributed by atoms with Crippen LogP contribution in [0.3, 0.4) is 0 Å². The van der Waals surface area contributed by atoms with E-state index < -0.39 is 22.0 Å². The molecule has 0 atom stereocenters. The highest BCUT2D eigenvalue weighted by Crippen LogP contribution is 2.13. The molecule has 0 unspecified atom stereocenters. The molecule has 0 saturated carbocycles.